The summed E-state index contributed by atoms with van der Waals surface area (Å²) in [5.74, 6) is 0. The van der Waals surface area contributed by atoms with Crippen molar-refractivity contribution in [3.63, 3.8) is 0 Å². The summed E-state index contributed by atoms with van der Waals surface area (Å²) in [5.41, 5.74) is 0. The van der Waals surface area contributed by atoms with Gasteiger partial charge >= 0.3 is 0 Å². The monoisotopic (exact) mass is 336 g/mol. The summed E-state index contributed by atoms with van der Waals surface area (Å²) in [6.07, 6.45) is 1.25. The Labute approximate surface area is 145 Å². The van der Waals surface area contributed by atoms with Crippen molar-refractivity contribution >= 4 is 0 Å². The Bertz CT molecular complexity index is 200. The van der Waals surface area contributed by atoms with Crippen LogP contribution in [0.1, 0.15) is 20.3 Å². The fraction of sp³-hybridized carbons (Fsp3) is 0.235. The van der Waals surface area contributed by atoms with Crippen LogP contribution in [0.3, 0.4) is 0 Å². The predicted molar refractivity (Wildman–Crippen MR) is 83.4 cm³/mol. The van der Waals surface area contributed by atoms with Gasteiger partial charge in [-0.3, -0.25) is 0 Å². The first kappa shape index (κ1) is 27.0. The second-order valence-corrected chi connectivity index (χ2v) is 3.02. The molecule has 0 atom stereocenters. The van der Waals surface area contributed by atoms with Gasteiger partial charge in [0.05, 0.1) is 0 Å². The van der Waals surface area contributed by atoms with Crippen LogP contribution in [-0.2, 0) is 32.7 Å². The molecule has 105 valence electrons. The summed E-state index contributed by atoms with van der Waals surface area (Å²) in [7, 11) is 1.00. The molecule has 2 aromatic carbocycles. The summed E-state index contributed by atoms with van der Waals surface area (Å²) in [4.78, 5) is 0. The predicted octanol–water partition coefficient (Wildman–Crippen LogP) is 4.85. The topological polar surface area (TPSA) is 20.2 Å². The molecule has 2 rings (SSSR count). The molecule has 0 heterocycles. The van der Waals surface area contributed by atoms with Crippen LogP contribution in [0.15, 0.2) is 72.8 Å². The molecule has 0 aromatic heterocycles. The van der Waals surface area contributed by atoms with Crippen LogP contribution in [0.5, 0.6) is 0 Å². The molecule has 0 aliphatic heterocycles. The van der Waals surface area contributed by atoms with Crippen molar-refractivity contribution in [3.8, 4) is 0 Å². The van der Waals surface area contributed by atoms with E-state index in [9.17, 15) is 0 Å². The zero-order valence-electron chi connectivity index (χ0n) is 12.7. The Morgan fingerprint density at radius 3 is 0.632 bits per heavy atom. The van der Waals surface area contributed by atoms with E-state index in [-0.39, 0.29) is 40.1 Å². The fourth-order valence-electron chi connectivity index (χ4n) is 0.770. The van der Waals surface area contributed by atoms with E-state index >= 15 is 0 Å². The van der Waals surface area contributed by atoms with Gasteiger partial charge in [0.25, 0.3) is 0 Å². The van der Waals surface area contributed by atoms with Crippen LogP contribution in [0.4, 0.5) is 0 Å². The molecule has 0 spiro atoms. The van der Waals surface area contributed by atoms with Crippen LogP contribution >= 0.6 is 0 Å². The van der Waals surface area contributed by atoms with Gasteiger partial charge in [-0.15, -0.1) is 0 Å². The largest absolute Gasteiger partial charge is 0.400 e. The minimum atomic E-state index is 0. The molecule has 2 aromatic rings. The summed E-state index contributed by atoms with van der Waals surface area (Å²) < 4.78 is 0. The third-order valence-corrected chi connectivity index (χ3v) is 1.33. The minimum Gasteiger partial charge on any atom is -0.400 e. The van der Waals surface area contributed by atoms with Crippen molar-refractivity contribution in [1.82, 2.24) is 0 Å². The summed E-state index contributed by atoms with van der Waals surface area (Å²) in [6, 6.07) is 24.0. The second kappa shape index (κ2) is 30.5. The van der Waals surface area contributed by atoms with Crippen molar-refractivity contribution in [2.24, 2.45) is 0 Å². The maximum absolute atomic E-state index is 7.00. The van der Waals surface area contributed by atoms with Crippen molar-refractivity contribution in [3.05, 3.63) is 80.2 Å². The van der Waals surface area contributed by atoms with Crippen LogP contribution < -0.4 is 0 Å². The quantitative estimate of drug-likeness (QED) is 0.682. The van der Waals surface area contributed by atoms with E-state index < -0.39 is 0 Å². The Morgan fingerprint density at radius 2 is 0.579 bits per heavy atom. The normalized spacial score (nSPS) is 6.32. The van der Waals surface area contributed by atoms with Crippen LogP contribution in [0, 0.1) is 7.43 Å². The zero-order chi connectivity index (χ0) is 13.2. The Kier molecular flexibility index (Phi) is 43.3. The molecule has 0 bridgehead atoms. The molecule has 0 saturated carbocycles. The molecule has 1 N–H and O–H groups in total. The molecule has 1 radical (unpaired) electrons. The van der Waals surface area contributed by atoms with E-state index in [0.717, 1.165) is 7.11 Å². The average Bonchev–Trinajstić information content (AvgIpc) is 2.46. The first-order chi connectivity index (χ1) is 8.41. The molecule has 1 nitrogen and oxygen atoms in total. The van der Waals surface area contributed by atoms with Gasteiger partial charge < -0.3 is 12.5 Å². The molecule has 0 amide bonds. The summed E-state index contributed by atoms with van der Waals surface area (Å²) in [6.45, 7) is 4.25. The maximum Gasteiger partial charge on any atom is 0.0319 e. The smallest absolute Gasteiger partial charge is 0.0319 e. The van der Waals surface area contributed by atoms with Gasteiger partial charge in [-0.1, -0.05) is 93.1 Å². The second-order valence-electron chi connectivity index (χ2n) is 3.02. The van der Waals surface area contributed by atoms with Crippen LogP contribution in [-0.4, -0.2) is 12.2 Å². The number of hydrogen-bond donors (Lipinski definition) is 1. The number of hydrogen-bond acceptors (Lipinski definition) is 1. The zero-order valence-corrected chi connectivity index (χ0v) is 15.5. The Balaban J connectivity index is -0.0000000830. The number of rotatable bonds is 0. The van der Waals surface area contributed by atoms with Gasteiger partial charge in [-0.05, 0) is 0 Å². The van der Waals surface area contributed by atoms with Gasteiger partial charge in [-0.25, -0.2) is 0 Å². The summed E-state index contributed by atoms with van der Waals surface area (Å²) in [5, 5.41) is 7.00. The van der Waals surface area contributed by atoms with Crippen LogP contribution in [0.2, 0.25) is 0 Å². The Hall–Kier alpha value is -0.496. The van der Waals surface area contributed by atoms with E-state index in [0.29, 0.717) is 0 Å². The number of aliphatic hydroxyl groups excluding tert-OH is 1. The molecule has 19 heavy (non-hydrogen) atoms. The van der Waals surface area contributed by atoms with Crippen molar-refractivity contribution in [2.45, 2.75) is 20.3 Å². The molecular weight excluding hydrogens is 309 g/mol. The van der Waals surface area contributed by atoms with Crippen LogP contribution in [0.25, 0.3) is 0 Å². The third kappa shape index (κ3) is 31.8. The van der Waals surface area contributed by atoms with Crippen molar-refractivity contribution in [1.29, 1.82) is 0 Å². The summed E-state index contributed by atoms with van der Waals surface area (Å²) >= 11 is 0. The van der Waals surface area contributed by atoms with Gasteiger partial charge in [-0.2, -0.15) is 0 Å². The SMILES string of the molecule is CCC.CO.[CH3-].[Y].c1ccccc1.c1ccccc1. The van der Waals surface area contributed by atoms with E-state index in [1.807, 2.05) is 72.8 Å². The molecule has 0 aliphatic carbocycles. The van der Waals surface area contributed by atoms with E-state index in [1.165, 1.54) is 6.42 Å². The molecule has 0 aliphatic rings. The number of aliphatic hydroxyl groups is 1. The van der Waals surface area contributed by atoms with Gasteiger partial charge in [0, 0.05) is 39.8 Å². The maximum atomic E-state index is 7.00. The van der Waals surface area contributed by atoms with Gasteiger partial charge in [0.2, 0.25) is 0 Å². The van der Waals surface area contributed by atoms with Gasteiger partial charge in [0.1, 0.15) is 0 Å². The number of benzene rings is 2. The standard InChI is InChI=1S/2C6H6.C3H8.CH4O.CH3.Y/c2*1-2-4-6-5-3-1;1-3-2;1-2;;/h2*1-6H;3H2,1-2H3;2H,1H3;1H3;/q;;;;-1;. The molecule has 0 saturated heterocycles. The molecule has 2 heteroatoms. The van der Waals surface area contributed by atoms with Crippen molar-refractivity contribution < 1.29 is 37.8 Å². The Morgan fingerprint density at radius 1 is 0.526 bits per heavy atom. The minimum absolute atomic E-state index is 0. The van der Waals surface area contributed by atoms with E-state index in [4.69, 9.17) is 5.11 Å². The average molecular weight is 336 g/mol. The van der Waals surface area contributed by atoms with Gasteiger partial charge in [0.15, 0.2) is 0 Å². The van der Waals surface area contributed by atoms with E-state index in [2.05, 4.69) is 13.8 Å². The van der Waals surface area contributed by atoms with E-state index in [1.54, 1.807) is 0 Å². The fourth-order valence-corrected chi connectivity index (χ4v) is 0.770. The molecular formula is C17H27OY-. The first-order valence-electron chi connectivity index (χ1n) is 5.86. The molecule has 0 fully saturated rings. The third-order valence-electron chi connectivity index (χ3n) is 1.33. The van der Waals surface area contributed by atoms with Crippen molar-refractivity contribution in [2.75, 3.05) is 7.11 Å². The first-order valence-corrected chi connectivity index (χ1v) is 5.86. The molecule has 0 unspecified atom stereocenters.